The molecule has 0 bridgehead atoms. The summed E-state index contributed by atoms with van der Waals surface area (Å²) in [6.07, 6.45) is 5.74. The van der Waals surface area contributed by atoms with Gasteiger partial charge >= 0.3 is 0 Å². The van der Waals surface area contributed by atoms with Crippen LogP contribution < -0.4 is 5.32 Å². The molecule has 0 saturated heterocycles. The summed E-state index contributed by atoms with van der Waals surface area (Å²) < 4.78 is 13.4. The number of nitrogens with one attached hydrogen (secondary N) is 1. The SMILES string of the molecule is C#CC(CC)NC(=O)Cc1c(F)cccc1Cl. The Bertz CT molecular complexity index is 433. The van der Waals surface area contributed by atoms with Crippen molar-refractivity contribution in [3.8, 4) is 12.3 Å². The quantitative estimate of drug-likeness (QED) is 0.821. The van der Waals surface area contributed by atoms with Gasteiger partial charge in [0, 0.05) is 10.6 Å². The first-order chi connectivity index (χ1) is 8.08. The Hall–Kier alpha value is -1.53. The molecular weight excluding hydrogens is 241 g/mol. The van der Waals surface area contributed by atoms with E-state index < -0.39 is 5.82 Å². The first-order valence-electron chi connectivity index (χ1n) is 5.26. The fourth-order valence-corrected chi connectivity index (χ4v) is 1.60. The lowest BCUT2D eigenvalue weighted by molar-refractivity contribution is -0.120. The van der Waals surface area contributed by atoms with Crippen LogP contribution in [0.1, 0.15) is 18.9 Å². The number of carbonyl (C=O) groups excluding carboxylic acids is 1. The summed E-state index contributed by atoms with van der Waals surface area (Å²) in [5, 5.41) is 2.86. The molecule has 0 aliphatic heterocycles. The lowest BCUT2D eigenvalue weighted by Gasteiger charge is -2.11. The van der Waals surface area contributed by atoms with Crippen LogP contribution in [0.3, 0.4) is 0 Å². The Morgan fingerprint density at radius 3 is 2.88 bits per heavy atom. The summed E-state index contributed by atoms with van der Waals surface area (Å²) in [7, 11) is 0. The van der Waals surface area contributed by atoms with Gasteiger partial charge in [0.05, 0.1) is 12.5 Å². The van der Waals surface area contributed by atoms with Gasteiger partial charge in [-0.15, -0.1) is 6.42 Å². The first kappa shape index (κ1) is 13.5. The Morgan fingerprint density at radius 1 is 1.65 bits per heavy atom. The second kappa shape index (κ2) is 6.27. The number of carbonyl (C=O) groups is 1. The fourth-order valence-electron chi connectivity index (χ4n) is 1.37. The molecule has 0 aliphatic rings. The van der Waals surface area contributed by atoms with Crippen LogP contribution in [0.5, 0.6) is 0 Å². The summed E-state index contributed by atoms with van der Waals surface area (Å²) in [4.78, 5) is 11.6. The molecule has 0 aromatic heterocycles. The van der Waals surface area contributed by atoms with Gasteiger partial charge in [-0.3, -0.25) is 4.79 Å². The van der Waals surface area contributed by atoms with E-state index in [0.29, 0.717) is 6.42 Å². The van der Waals surface area contributed by atoms with Gasteiger partial charge in [0.1, 0.15) is 5.82 Å². The number of hydrogen-bond acceptors (Lipinski definition) is 1. The number of amides is 1. The zero-order valence-corrected chi connectivity index (χ0v) is 10.2. The number of rotatable bonds is 4. The minimum Gasteiger partial charge on any atom is -0.342 e. The predicted octanol–water partition coefficient (Wildman–Crippen LogP) is 2.55. The van der Waals surface area contributed by atoms with Gasteiger partial charge in [-0.25, -0.2) is 4.39 Å². The molecule has 0 heterocycles. The van der Waals surface area contributed by atoms with E-state index in [1.165, 1.54) is 12.1 Å². The summed E-state index contributed by atoms with van der Waals surface area (Å²) in [5.74, 6) is 1.62. The summed E-state index contributed by atoms with van der Waals surface area (Å²) >= 11 is 5.82. The van der Waals surface area contributed by atoms with Crippen molar-refractivity contribution in [2.45, 2.75) is 25.8 Å². The van der Waals surface area contributed by atoms with E-state index in [-0.39, 0.29) is 29.0 Å². The Morgan fingerprint density at radius 2 is 2.35 bits per heavy atom. The van der Waals surface area contributed by atoms with Crippen LogP contribution in [-0.2, 0) is 11.2 Å². The van der Waals surface area contributed by atoms with Gasteiger partial charge in [-0.2, -0.15) is 0 Å². The molecule has 1 rings (SSSR count). The molecule has 0 spiro atoms. The Kier molecular flexibility index (Phi) is 4.99. The van der Waals surface area contributed by atoms with Crippen molar-refractivity contribution in [1.82, 2.24) is 5.32 Å². The molecule has 90 valence electrons. The van der Waals surface area contributed by atoms with Crippen LogP contribution in [0.4, 0.5) is 4.39 Å². The van der Waals surface area contributed by atoms with Crippen molar-refractivity contribution in [1.29, 1.82) is 0 Å². The summed E-state index contributed by atoms with van der Waals surface area (Å²) in [6, 6.07) is 3.99. The molecule has 1 aromatic rings. The minimum absolute atomic E-state index is 0.107. The number of benzene rings is 1. The molecule has 1 amide bonds. The second-order valence-electron chi connectivity index (χ2n) is 3.57. The minimum atomic E-state index is -0.485. The fraction of sp³-hybridized carbons (Fsp3) is 0.308. The average Bonchev–Trinajstić information content (AvgIpc) is 2.31. The van der Waals surface area contributed by atoms with Crippen molar-refractivity contribution < 1.29 is 9.18 Å². The van der Waals surface area contributed by atoms with Crippen LogP contribution in [0, 0.1) is 18.2 Å². The van der Waals surface area contributed by atoms with Gasteiger partial charge in [-0.1, -0.05) is 30.5 Å². The highest BCUT2D eigenvalue weighted by Gasteiger charge is 2.13. The smallest absolute Gasteiger partial charge is 0.225 e. The van der Waals surface area contributed by atoms with Gasteiger partial charge in [-0.05, 0) is 18.6 Å². The molecule has 0 saturated carbocycles. The summed E-state index contributed by atoms with van der Waals surface area (Å²) in [6.45, 7) is 1.86. The van der Waals surface area contributed by atoms with Gasteiger partial charge in [0.25, 0.3) is 0 Å². The van der Waals surface area contributed by atoms with Crippen molar-refractivity contribution >= 4 is 17.5 Å². The average molecular weight is 254 g/mol. The highest BCUT2D eigenvalue weighted by atomic mass is 35.5. The molecule has 2 nitrogen and oxygen atoms in total. The van der Waals surface area contributed by atoms with Crippen LogP contribution >= 0.6 is 11.6 Å². The van der Waals surface area contributed by atoms with Gasteiger partial charge in [0.15, 0.2) is 0 Å². The van der Waals surface area contributed by atoms with E-state index in [1.807, 2.05) is 6.92 Å². The van der Waals surface area contributed by atoms with Crippen molar-refractivity contribution in [2.75, 3.05) is 0 Å². The molecule has 1 aromatic carbocycles. The van der Waals surface area contributed by atoms with Crippen LogP contribution in [0.25, 0.3) is 0 Å². The topological polar surface area (TPSA) is 29.1 Å². The summed E-state index contributed by atoms with van der Waals surface area (Å²) in [5.41, 5.74) is 0.193. The molecule has 1 atom stereocenters. The molecule has 0 radical (unpaired) electrons. The highest BCUT2D eigenvalue weighted by molar-refractivity contribution is 6.31. The molecule has 0 fully saturated rings. The largest absolute Gasteiger partial charge is 0.342 e. The molecule has 0 aliphatic carbocycles. The molecular formula is C13H13ClFNO. The third-order valence-corrected chi connectivity index (χ3v) is 2.70. The van der Waals surface area contributed by atoms with E-state index >= 15 is 0 Å². The van der Waals surface area contributed by atoms with Crippen LogP contribution in [0.2, 0.25) is 5.02 Å². The Balaban J connectivity index is 2.72. The van der Waals surface area contributed by atoms with Crippen molar-refractivity contribution in [3.63, 3.8) is 0 Å². The number of hydrogen-bond donors (Lipinski definition) is 1. The van der Waals surface area contributed by atoms with Crippen LogP contribution in [0.15, 0.2) is 18.2 Å². The van der Waals surface area contributed by atoms with E-state index in [2.05, 4.69) is 11.2 Å². The highest BCUT2D eigenvalue weighted by Crippen LogP contribution is 2.19. The molecule has 1 unspecified atom stereocenters. The maximum atomic E-state index is 13.4. The molecule has 1 N–H and O–H groups in total. The van der Waals surface area contributed by atoms with Crippen molar-refractivity contribution in [3.05, 3.63) is 34.6 Å². The zero-order valence-electron chi connectivity index (χ0n) is 9.47. The zero-order chi connectivity index (χ0) is 12.8. The van der Waals surface area contributed by atoms with Crippen LogP contribution in [-0.4, -0.2) is 11.9 Å². The van der Waals surface area contributed by atoms with E-state index in [9.17, 15) is 9.18 Å². The molecule has 4 heteroatoms. The van der Waals surface area contributed by atoms with E-state index in [4.69, 9.17) is 18.0 Å². The number of terminal acetylenes is 1. The normalized spacial score (nSPS) is 11.6. The van der Waals surface area contributed by atoms with Gasteiger partial charge in [0.2, 0.25) is 5.91 Å². The third-order valence-electron chi connectivity index (χ3n) is 2.34. The maximum absolute atomic E-state index is 13.4. The maximum Gasteiger partial charge on any atom is 0.225 e. The molecule has 17 heavy (non-hydrogen) atoms. The lowest BCUT2D eigenvalue weighted by Crippen LogP contribution is -2.34. The van der Waals surface area contributed by atoms with E-state index in [1.54, 1.807) is 6.07 Å². The first-order valence-corrected chi connectivity index (χ1v) is 5.64. The second-order valence-corrected chi connectivity index (χ2v) is 3.98. The Labute approximate surface area is 105 Å². The van der Waals surface area contributed by atoms with Gasteiger partial charge < -0.3 is 5.32 Å². The van der Waals surface area contributed by atoms with Crippen molar-refractivity contribution in [2.24, 2.45) is 0 Å². The lowest BCUT2D eigenvalue weighted by atomic mass is 10.1. The van der Waals surface area contributed by atoms with E-state index in [0.717, 1.165) is 0 Å². The monoisotopic (exact) mass is 253 g/mol. The number of halogens is 2. The predicted molar refractivity (Wildman–Crippen MR) is 66.2 cm³/mol. The standard InChI is InChI=1S/C13H13ClFNO/c1-3-9(4-2)16-13(17)8-10-11(14)6-5-7-12(10)15/h1,5-7,9H,4,8H2,2H3,(H,16,17). The third kappa shape index (κ3) is 3.76.